The van der Waals surface area contributed by atoms with Crippen LogP contribution in [0.5, 0.6) is 0 Å². The van der Waals surface area contributed by atoms with E-state index in [2.05, 4.69) is 10.5 Å². The van der Waals surface area contributed by atoms with Crippen LogP contribution in [0.3, 0.4) is 0 Å². The van der Waals surface area contributed by atoms with Gasteiger partial charge in [-0.25, -0.2) is 4.98 Å². The second kappa shape index (κ2) is 11.9. The molecule has 192 valence electrons. The van der Waals surface area contributed by atoms with Crippen molar-refractivity contribution in [2.24, 2.45) is 5.16 Å². The molecule has 8 heteroatoms. The second-order valence-electron chi connectivity index (χ2n) is 8.97. The van der Waals surface area contributed by atoms with Gasteiger partial charge in [0.25, 0.3) is 5.24 Å². The third-order valence-corrected chi connectivity index (χ3v) is 7.22. The first-order chi connectivity index (χ1) is 18.5. The molecule has 7 nitrogen and oxygen atoms in total. The summed E-state index contributed by atoms with van der Waals surface area (Å²) < 4.78 is 5.93. The Morgan fingerprint density at radius 2 is 1.68 bits per heavy atom. The minimum absolute atomic E-state index is 0.238. The Morgan fingerprint density at radius 3 is 2.37 bits per heavy atom. The summed E-state index contributed by atoms with van der Waals surface area (Å²) in [5.41, 5.74) is 5.54. The molecular formula is C30H27N3O4S. The van der Waals surface area contributed by atoms with E-state index >= 15 is 0 Å². The zero-order chi connectivity index (χ0) is 26.3. The lowest BCUT2D eigenvalue weighted by Crippen LogP contribution is -2.25. The van der Waals surface area contributed by atoms with E-state index in [4.69, 9.17) is 14.2 Å². The van der Waals surface area contributed by atoms with Gasteiger partial charge >= 0.3 is 0 Å². The minimum Gasteiger partial charge on any atom is -0.441 e. The Balaban J connectivity index is 1.31. The third kappa shape index (κ3) is 6.39. The molecule has 0 aliphatic carbocycles. The van der Waals surface area contributed by atoms with Crippen molar-refractivity contribution in [1.29, 1.82) is 0 Å². The highest BCUT2D eigenvalue weighted by Gasteiger charge is 2.31. The number of nitrogens with one attached hydrogen (secondary N) is 1. The molecule has 0 saturated carbocycles. The maximum atomic E-state index is 11.9. The van der Waals surface area contributed by atoms with Gasteiger partial charge in [-0.3, -0.25) is 14.9 Å². The number of aryl methyl sites for hydroxylation is 2. The lowest BCUT2D eigenvalue weighted by atomic mass is 10.0. The first-order valence-corrected chi connectivity index (χ1v) is 13.3. The standard InChI is InChI=1S/C30H27N3O4S/c1-20-25(31-29(37-20)24-10-6-3-7-11-24)16-17-26(33-36-19-22-8-4-2-5-9-22)23-14-12-21(13-15-23)18-27-28(34)32-30(35)38-27/h2-15,27H,16-19H2,1H3,(H,32,34,35)/b33-26-. The molecule has 0 bridgehead atoms. The second-order valence-corrected chi connectivity index (χ2v) is 10.1. The van der Waals surface area contributed by atoms with Gasteiger partial charge in [0, 0.05) is 5.56 Å². The molecule has 1 saturated heterocycles. The van der Waals surface area contributed by atoms with Gasteiger partial charge in [0.2, 0.25) is 11.8 Å². The summed E-state index contributed by atoms with van der Waals surface area (Å²) >= 11 is 1.04. The number of oxazole rings is 1. The normalized spacial score (nSPS) is 15.5. The van der Waals surface area contributed by atoms with Crippen LogP contribution in [0.25, 0.3) is 11.5 Å². The molecule has 4 aromatic rings. The van der Waals surface area contributed by atoms with Gasteiger partial charge in [0.05, 0.1) is 16.7 Å². The molecule has 0 spiro atoms. The Bertz CT molecular complexity index is 1430. The van der Waals surface area contributed by atoms with Crippen molar-refractivity contribution < 1.29 is 18.8 Å². The van der Waals surface area contributed by atoms with E-state index in [0.717, 1.165) is 51.2 Å². The monoisotopic (exact) mass is 525 g/mol. The SMILES string of the molecule is Cc1oc(-c2ccccc2)nc1CC/C(=N/OCc1ccccc1)c1ccc(CC2SC(=O)NC2=O)cc1. The van der Waals surface area contributed by atoms with E-state index in [1.165, 1.54) is 0 Å². The highest BCUT2D eigenvalue weighted by atomic mass is 32.2. The van der Waals surface area contributed by atoms with Crippen LogP contribution in [-0.2, 0) is 29.1 Å². The van der Waals surface area contributed by atoms with Crippen LogP contribution >= 0.6 is 11.8 Å². The van der Waals surface area contributed by atoms with E-state index in [9.17, 15) is 9.59 Å². The van der Waals surface area contributed by atoms with Crippen molar-refractivity contribution in [2.45, 2.75) is 38.0 Å². The maximum absolute atomic E-state index is 11.9. The molecule has 1 aliphatic rings. The van der Waals surface area contributed by atoms with Crippen molar-refractivity contribution in [3.63, 3.8) is 0 Å². The number of thioether (sulfide) groups is 1. The number of amides is 2. The first kappa shape index (κ1) is 25.5. The smallest absolute Gasteiger partial charge is 0.286 e. The summed E-state index contributed by atoms with van der Waals surface area (Å²) in [7, 11) is 0. The van der Waals surface area contributed by atoms with Gasteiger partial charge in [0.1, 0.15) is 12.4 Å². The molecule has 5 rings (SSSR count). The minimum atomic E-state index is -0.398. The van der Waals surface area contributed by atoms with Crippen molar-refractivity contribution in [1.82, 2.24) is 10.3 Å². The first-order valence-electron chi connectivity index (χ1n) is 12.4. The van der Waals surface area contributed by atoms with E-state index in [1.807, 2.05) is 91.9 Å². The lowest BCUT2D eigenvalue weighted by Gasteiger charge is -2.09. The van der Waals surface area contributed by atoms with E-state index < -0.39 is 5.25 Å². The van der Waals surface area contributed by atoms with Gasteiger partial charge in [-0.2, -0.15) is 0 Å². The average molecular weight is 526 g/mol. The van der Waals surface area contributed by atoms with Crippen LogP contribution in [0.4, 0.5) is 4.79 Å². The molecule has 1 N–H and O–H groups in total. The number of oxime groups is 1. The molecular weight excluding hydrogens is 498 g/mol. The van der Waals surface area contributed by atoms with Crippen LogP contribution in [0.2, 0.25) is 0 Å². The average Bonchev–Trinajstić information content (AvgIpc) is 3.47. The molecule has 3 aromatic carbocycles. The number of carbonyl (C=O) groups excluding carboxylic acids is 2. The predicted octanol–water partition coefficient (Wildman–Crippen LogP) is 6.10. The van der Waals surface area contributed by atoms with E-state index in [-0.39, 0.29) is 11.1 Å². The lowest BCUT2D eigenvalue weighted by molar-refractivity contribution is -0.118. The fraction of sp³-hybridized carbons (Fsp3) is 0.200. The van der Waals surface area contributed by atoms with Crippen molar-refractivity contribution >= 4 is 28.6 Å². The summed E-state index contributed by atoms with van der Waals surface area (Å²) in [6.07, 6.45) is 1.73. The third-order valence-electron chi connectivity index (χ3n) is 6.24. The van der Waals surface area contributed by atoms with E-state index in [1.54, 1.807) is 0 Å². The Morgan fingerprint density at radius 1 is 0.974 bits per heavy atom. The highest BCUT2D eigenvalue weighted by Crippen LogP contribution is 2.25. The van der Waals surface area contributed by atoms with Crippen molar-refractivity contribution in [3.8, 4) is 11.5 Å². The van der Waals surface area contributed by atoms with Gasteiger partial charge in [-0.05, 0) is 55.0 Å². The molecule has 2 amide bonds. The fourth-order valence-electron chi connectivity index (χ4n) is 4.18. The maximum Gasteiger partial charge on any atom is 0.286 e. The number of hydrogen-bond donors (Lipinski definition) is 1. The van der Waals surface area contributed by atoms with Gasteiger partial charge in [0.15, 0.2) is 0 Å². The number of nitrogens with zero attached hydrogens (tertiary/aromatic N) is 2. The Hall–Kier alpha value is -4.17. The summed E-state index contributed by atoms with van der Waals surface area (Å²) in [4.78, 5) is 33.9. The fourth-order valence-corrected chi connectivity index (χ4v) is 5.04. The van der Waals surface area contributed by atoms with Crippen LogP contribution < -0.4 is 5.32 Å². The number of hydrogen-bond acceptors (Lipinski definition) is 7. The summed E-state index contributed by atoms with van der Waals surface area (Å²) in [5, 5.41) is 6.15. The van der Waals surface area contributed by atoms with Crippen LogP contribution in [0.15, 0.2) is 94.5 Å². The number of imide groups is 1. The Labute approximate surface area is 225 Å². The van der Waals surface area contributed by atoms with Crippen molar-refractivity contribution in [2.75, 3.05) is 0 Å². The molecule has 1 unspecified atom stereocenters. The van der Waals surface area contributed by atoms with Crippen molar-refractivity contribution in [3.05, 3.63) is 113 Å². The summed E-state index contributed by atoms with van der Waals surface area (Å²) in [6.45, 7) is 2.29. The Kier molecular flexibility index (Phi) is 7.99. The van der Waals surface area contributed by atoms with Crippen LogP contribution in [0, 0.1) is 6.92 Å². The molecule has 2 heterocycles. The molecule has 1 atom stereocenters. The number of aromatic nitrogens is 1. The quantitative estimate of drug-likeness (QED) is 0.199. The zero-order valence-electron chi connectivity index (χ0n) is 20.9. The molecule has 1 aromatic heterocycles. The van der Waals surface area contributed by atoms with Crippen LogP contribution in [-0.4, -0.2) is 27.1 Å². The van der Waals surface area contributed by atoms with Gasteiger partial charge in [-0.15, -0.1) is 0 Å². The molecule has 38 heavy (non-hydrogen) atoms. The van der Waals surface area contributed by atoms with Gasteiger partial charge in [-0.1, -0.05) is 89.7 Å². The largest absolute Gasteiger partial charge is 0.441 e. The number of benzene rings is 3. The van der Waals surface area contributed by atoms with E-state index in [0.29, 0.717) is 31.8 Å². The van der Waals surface area contributed by atoms with Gasteiger partial charge < -0.3 is 9.25 Å². The molecule has 1 fully saturated rings. The zero-order valence-corrected chi connectivity index (χ0v) is 21.7. The van der Waals surface area contributed by atoms with Crippen LogP contribution in [0.1, 0.15) is 34.6 Å². The highest BCUT2D eigenvalue weighted by molar-refractivity contribution is 8.15. The summed E-state index contributed by atoms with van der Waals surface area (Å²) in [6, 6.07) is 27.6. The molecule has 1 aliphatic heterocycles. The number of carbonyl (C=O) groups is 2. The predicted molar refractivity (Wildman–Crippen MR) is 148 cm³/mol. The molecule has 0 radical (unpaired) electrons. The topological polar surface area (TPSA) is 93.8 Å². The summed E-state index contributed by atoms with van der Waals surface area (Å²) in [5.74, 6) is 1.15. The number of rotatable bonds is 10.